The second kappa shape index (κ2) is 7.04. The molecule has 1 amide bonds. The molecule has 86 valence electrons. The molecule has 0 fully saturated rings. The highest BCUT2D eigenvalue weighted by Gasteiger charge is 2.01. The average Bonchev–Trinajstić information content (AvgIpc) is 2.24. The molecule has 3 nitrogen and oxygen atoms in total. The lowest BCUT2D eigenvalue weighted by molar-refractivity contribution is -0.115. The van der Waals surface area contributed by atoms with Crippen LogP contribution in [0, 0.1) is 0 Å². The summed E-state index contributed by atoms with van der Waals surface area (Å²) in [5.41, 5.74) is 0.711. The first-order valence-corrected chi connectivity index (χ1v) is 5.47. The molecule has 2 N–H and O–H groups in total. The second-order valence-corrected chi connectivity index (χ2v) is 3.75. The predicted octanol–water partition coefficient (Wildman–Crippen LogP) is 2.44. The van der Waals surface area contributed by atoms with Crippen molar-refractivity contribution in [2.24, 2.45) is 0 Å². The van der Waals surface area contributed by atoms with Gasteiger partial charge in [-0.05, 0) is 31.2 Å². The summed E-state index contributed by atoms with van der Waals surface area (Å²) < 4.78 is 0. The van der Waals surface area contributed by atoms with Gasteiger partial charge in [0.1, 0.15) is 0 Å². The van der Waals surface area contributed by atoms with Crippen LogP contribution in [0.5, 0.6) is 0 Å². The lowest BCUT2D eigenvalue weighted by atomic mass is 10.3. The van der Waals surface area contributed by atoms with Crippen molar-refractivity contribution in [3.8, 4) is 0 Å². The van der Waals surface area contributed by atoms with Crippen LogP contribution in [0.3, 0.4) is 0 Å². The minimum Gasteiger partial charge on any atom is -0.325 e. The van der Waals surface area contributed by atoms with Gasteiger partial charge in [0, 0.05) is 10.7 Å². The third-order valence-corrected chi connectivity index (χ3v) is 2.15. The van der Waals surface area contributed by atoms with Crippen molar-refractivity contribution >= 4 is 23.2 Å². The number of rotatable bonds is 6. The van der Waals surface area contributed by atoms with Crippen molar-refractivity contribution in [3.63, 3.8) is 0 Å². The summed E-state index contributed by atoms with van der Waals surface area (Å²) in [5, 5.41) is 6.36. The molecular weight excluding hydrogens is 224 g/mol. The van der Waals surface area contributed by atoms with Crippen LogP contribution in [0.1, 0.15) is 6.42 Å². The highest BCUT2D eigenvalue weighted by molar-refractivity contribution is 6.30. The maximum atomic E-state index is 11.4. The maximum absolute atomic E-state index is 11.4. The van der Waals surface area contributed by atoms with E-state index in [1.807, 2.05) is 6.08 Å². The van der Waals surface area contributed by atoms with Gasteiger partial charge in [0.05, 0.1) is 6.54 Å². The van der Waals surface area contributed by atoms with E-state index in [1.54, 1.807) is 24.3 Å². The highest BCUT2D eigenvalue weighted by atomic mass is 35.5. The lowest BCUT2D eigenvalue weighted by Gasteiger charge is -2.06. The van der Waals surface area contributed by atoms with E-state index in [0.717, 1.165) is 13.0 Å². The van der Waals surface area contributed by atoms with E-state index in [-0.39, 0.29) is 5.91 Å². The third-order valence-electron chi connectivity index (χ3n) is 1.92. The van der Waals surface area contributed by atoms with Gasteiger partial charge in [-0.15, -0.1) is 6.58 Å². The summed E-state index contributed by atoms with van der Waals surface area (Å²) in [7, 11) is 0. The van der Waals surface area contributed by atoms with Crippen LogP contribution in [0.25, 0.3) is 0 Å². The normalized spacial score (nSPS) is 9.81. The van der Waals surface area contributed by atoms with Gasteiger partial charge in [-0.1, -0.05) is 23.7 Å². The molecule has 0 unspecified atom stereocenters. The molecule has 0 aromatic heterocycles. The molecule has 0 heterocycles. The van der Waals surface area contributed by atoms with Gasteiger partial charge in [-0.3, -0.25) is 4.79 Å². The Balaban J connectivity index is 2.31. The standard InChI is InChI=1S/C12H15ClN2O/c1-2-3-7-14-9-12(16)15-11-6-4-5-10(13)8-11/h2,4-6,8,14H,1,3,7,9H2,(H,15,16). The number of hydrogen-bond donors (Lipinski definition) is 2. The zero-order chi connectivity index (χ0) is 11.8. The monoisotopic (exact) mass is 238 g/mol. The summed E-state index contributed by atoms with van der Waals surface area (Å²) >= 11 is 5.80. The van der Waals surface area contributed by atoms with Crippen LogP contribution in [0.4, 0.5) is 5.69 Å². The molecule has 4 heteroatoms. The van der Waals surface area contributed by atoms with Gasteiger partial charge in [0.15, 0.2) is 0 Å². The zero-order valence-electron chi connectivity index (χ0n) is 9.00. The Labute approximate surface area is 100 Å². The highest BCUT2D eigenvalue weighted by Crippen LogP contribution is 2.14. The van der Waals surface area contributed by atoms with Crippen molar-refractivity contribution in [1.29, 1.82) is 0 Å². The molecule has 16 heavy (non-hydrogen) atoms. The van der Waals surface area contributed by atoms with E-state index < -0.39 is 0 Å². The van der Waals surface area contributed by atoms with Crippen LogP contribution in [-0.4, -0.2) is 19.0 Å². The van der Waals surface area contributed by atoms with Gasteiger partial charge in [-0.25, -0.2) is 0 Å². The molecule has 0 radical (unpaired) electrons. The van der Waals surface area contributed by atoms with Crippen LogP contribution < -0.4 is 10.6 Å². The Hall–Kier alpha value is -1.32. The minimum absolute atomic E-state index is 0.0775. The topological polar surface area (TPSA) is 41.1 Å². The van der Waals surface area contributed by atoms with Crippen molar-refractivity contribution < 1.29 is 4.79 Å². The second-order valence-electron chi connectivity index (χ2n) is 3.31. The first-order chi connectivity index (χ1) is 7.72. The van der Waals surface area contributed by atoms with Gasteiger partial charge >= 0.3 is 0 Å². The molecule has 0 saturated heterocycles. The smallest absolute Gasteiger partial charge is 0.238 e. The summed E-state index contributed by atoms with van der Waals surface area (Å²) in [5.74, 6) is -0.0775. The largest absolute Gasteiger partial charge is 0.325 e. The molecule has 0 aliphatic carbocycles. The molecular formula is C12H15ClN2O. The number of nitrogens with one attached hydrogen (secondary N) is 2. The number of benzene rings is 1. The SMILES string of the molecule is C=CCCNCC(=O)Nc1cccc(Cl)c1. The molecule has 0 atom stereocenters. The maximum Gasteiger partial charge on any atom is 0.238 e. The van der Waals surface area contributed by atoms with Gasteiger partial charge < -0.3 is 10.6 Å². The van der Waals surface area contributed by atoms with E-state index in [2.05, 4.69) is 17.2 Å². The molecule has 0 aliphatic heterocycles. The Morgan fingerprint density at radius 1 is 1.50 bits per heavy atom. The van der Waals surface area contributed by atoms with Crippen LogP contribution in [-0.2, 0) is 4.79 Å². The number of carbonyl (C=O) groups is 1. The van der Waals surface area contributed by atoms with Crippen molar-refractivity contribution in [2.75, 3.05) is 18.4 Å². The summed E-state index contributed by atoms with van der Waals surface area (Å²) in [4.78, 5) is 11.4. The zero-order valence-corrected chi connectivity index (χ0v) is 9.76. The molecule has 1 aromatic rings. The first kappa shape index (κ1) is 12.7. The Morgan fingerprint density at radius 3 is 3.00 bits per heavy atom. The average molecular weight is 239 g/mol. The van der Waals surface area contributed by atoms with Crippen molar-refractivity contribution in [3.05, 3.63) is 41.9 Å². The van der Waals surface area contributed by atoms with Crippen LogP contribution >= 0.6 is 11.6 Å². The quantitative estimate of drug-likeness (QED) is 0.591. The Bertz CT molecular complexity index is 366. The van der Waals surface area contributed by atoms with Crippen LogP contribution in [0.15, 0.2) is 36.9 Å². The fraction of sp³-hybridized carbons (Fsp3) is 0.250. The fourth-order valence-corrected chi connectivity index (χ4v) is 1.37. The Morgan fingerprint density at radius 2 is 2.31 bits per heavy atom. The number of amides is 1. The van der Waals surface area contributed by atoms with Gasteiger partial charge in [-0.2, -0.15) is 0 Å². The summed E-state index contributed by atoms with van der Waals surface area (Å²) in [6, 6.07) is 7.07. The number of anilines is 1. The molecule has 0 bridgehead atoms. The van der Waals surface area contributed by atoms with E-state index in [4.69, 9.17) is 11.6 Å². The Kier molecular flexibility index (Phi) is 5.61. The van der Waals surface area contributed by atoms with E-state index in [0.29, 0.717) is 17.3 Å². The molecule has 0 aliphatic rings. The minimum atomic E-state index is -0.0775. The lowest BCUT2D eigenvalue weighted by Crippen LogP contribution is -2.28. The van der Waals surface area contributed by atoms with Crippen molar-refractivity contribution in [2.45, 2.75) is 6.42 Å². The molecule has 0 saturated carbocycles. The van der Waals surface area contributed by atoms with Gasteiger partial charge in [0.2, 0.25) is 5.91 Å². The fourth-order valence-electron chi connectivity index (χ4n) is 1.18. The third kappa shape index (κ3) is 4.96. The first-order valence-electron chi connectivity index (χ1n) is 5.09. The van der Waals surface area contributed by atoms with E-state index >= 15 is 0 Å². The predicted molar refractivity (Wildman–Crippen MR) is 67.8 cm³/mol. The molecule has 0 spiro atoms. The summed E-state index contributed by atoms with van der Waals surface area (Å²) in [6.07, 6.45) is 2.66. The van der Waals surface area contributed by atoms with E-state index in [1.165, 1.54) is 0 Å². The number of hydrogen-bond acceptors (Lipinski definition) is 2. The summed E-state index contributed by atoms with van der Waals surface area (Å²) in [6.45, 7) is 4.65. The van der Waals surface area contributed by atoms with Crippen LogP contribution in [0.2, 0.25) is 5.02 Å². The van der Waals surface area contributed by atoms with Gasteiger partial charge in [0.25, 0.3) is 0 Å². The molecule has 1 rings (SSSR count). The molecule has 1 aromatic carbocycles. The van der Waals surface area contributed by atoms with Crippen molar-refractivity contribution in [1.82, 2.24) is 5.32 Å². The number of carbonyl (C=O) groups excluding carboxylic acids is 1. The van der Waals surface area contributed by atoms with E-state index in [9.17, 15) is 4.79 Å². The number of halogens is 1.